The molecule has 1 saturated carbocycles. The molecule has 1 aliphatic carbocycles. The first-order chi connectivity index (χ1) is 7.56. The summed E-state index contributed by atoms with van der Waals surface area (Å²) in [4.78, 5) is 13.3. The summed E-state index contributed by atoms with van der Waals surface area (Å²) >= 11 is 0. The number of aliphatic carboxylic acids is 1. The zero-order valence-corrected chi connectivity index (χ0v) is 10.1. The normalized spacial score (nSPS) is 40.4. The maximum Gasteiger partial charge on any atom is 0.308 e. The van der Waals surface area contributed by atoms with Crippen LogP contribution in [0.2, 0.25) is 0 Å². The lowest BCUT2D eigenvalue weighted by Gasteiger charge is -2.48. The third-order valence-electron chi connectivity index (χ3n) is 4.21. The first-order valence-corrected chi connectivity index (χ1v) is 6.08. The lowest BCUT2D eigenvalue weighted by atomic mass is 9.77. The second kappa shape index (κ2) is 4.34. The topological polar surface area (TPSA) is 49.8 Å². The van der Waals surface area contributed by atoms with Gasteiger partial charge >= 0.3 is 5.97 Å². The largest absolute Gasteiger partial charge is 0.481 e. The number of nitrogens with zero attached hydrogens (tertiary/aromatic N) is 1. The third-order valence-corrected chi connectivity index (χ3v) is 4.21. The number of likely N-dealkylation sites (tertiary alicyclic amines) is 1. The third kappa shape index (κ3) is 2.09. The van der Waals surface area contributed by atoms with E-state index in [0.29, 0.717) is 0 Å². The number of ether oxygens (including phenoxy) is 1. The second-order valence-corrected chi connectivity index (χ2v) is 5.32. The summed E-state index contributed by atoms with van der Waals surface area (Å²) in [5.41, 5.74) is -0.0864. The zero-order valence-electron chi connectivity index (χ0n) is 10.1. The molecule has 0 bridgehead atoms. The average Bonchev–Trinajstić information content (AvgIpc) is 2.15. The van der Waals surface area contributed by atoms with Crippen LogP contribution in [0.4, 0.5) is 0 Å². The standard InChI is InChI=1S/C12H21NO3/c1-12(16-2)6-3-7-13(8-12)10-5-4-9(10)11(14)15/h9-10H,3-8H2,1-2H3,(H,14,15). The van der Waals surface area contributed by atoms with Gasteiger partial charge in [-0.2, -0.15) is 0 Å². The molecular weight excluding hydrogens is 206 g/mol. The Balaban J connectivity index is 1.97. The fourth-order valence-electron chi connectivity index (χ4n) is 2.90. The molecule has 0 aromatic rings. The lowest BCUT2D eigenvalue weighted by molar-refractivity contribution is -0.152. The number of carbonyl (C=O) groups is 1. The summed E-state index contributed by atoms with van der Waals surface area (Å²) in [6.45, 7) is 4.01. The highest BCUT2D eigenvalue weighted by molar-refractivity contribution is 5.72. The van der Waals surface area contributed by atoms with Crippen molar-refractivity contribution in [2.75, 3.05) is 20.2 Å². The monoisotopic (exact) mass is 227 g/mol. The molecule has 1 aliphatic heterocycles. The van der Waals surface area contributed by atoms with Gasteiger partial charge in [0.25, 0.3) is 0 Å². The highest BCUT2D eigenvalue weighted by Crippen LogP contribution is 2.36. The quantitative estimate of drug-likeness (QED) is 0.790. The number of piperidine rings is 1. The predicted octanol–water partition coefficient (Wildman–Crippen LogP) is 1.35. The van der Waals surface area contributed by atoms with Gasteiger partial charge in [-0.05, 0) is 39.2 Å². The van der Waals surface area contributed by atoms with Crippen molar-refractivity contribution in [3.63, 3.8) is 0 Å². The fraction of sp³-hybridized carbons (Fsp3) is 0.917. The van der Waals surface area contributed by atoms with E-state index >= 15 is 0 Å². The molecule has 92 valence electrons. The van der Waals surface area contributed by atoms with E-state index in [0.717, 1.165) is 38.8 Å². The molecule has 3 atom stereocenters. The zero-order chi connectivity index (χ0) is 11.8. The summed E-state index contributed by atoms with van der Waals surface area (Å²) in [7, 11) is 1.75. The molecular formula is C12H21NO3. The van der Waals surface area contributed by atoms with Crippen molar-refractivity contribution in [2.24, 2.45) is 5.92 Å². The summed E-state index contributed by atoms with van der Waals surface area (Å²) in [5, 5.41) is 9.06. The minimum Gasteiger partial charge on any atom is -0.481 e. The average molecular weight is 227 g/mol. The van der Waals surface area contributed by atoms with Gasteiger partial charge in [0, 0.05) is 19.7 Å². The van der Waals surface area contributed by atoms with Crippen LogP contribution in [0.3, 0.4) is 0 Å². The van der Waals surface area contributed by atoms with Gasteiger partial charge in [-0.3, -0.25) is 9.69 Å². The van der Waals surface area contributed by atoms with Crippen LogP contribution in [-0.2, 0) is 9.53 Å². The van der Waals surface area contributed by atoms with Crippen LogP contribution < -0.4 is 0 Å². The van der Waals surface area contributed by atoms with Gasteiger partial charge < -0.3 is 9.84 Å². The Hall–Kier alpha value is -0.610. The van der Waals surface area contributed by atoms with E-state index in [-0.39, 0.29) is 17.6 Å². The van der Waals surface area contributed by atoms with Crippen molar-refractivity contribution in [1.82, 2.24) is 4.90 Å². The fourth-order valence-corrected chi connectivity index (χ4v) is 2.90. The smallest absolute Gasteiger partial charge is 0.308 e. The summed E-state index contributed by atoms with van der Waals surface area (Å²) in [6, 6.07) is 0.243. The Morgan fingerprint density at radius 2 is 2.25 bits per heavy atom. The van der Waals surface area contributed by atoms with E-state index < -0.39 is 5.97 Å². The number of methoxy groups -OCH3 is 1. The van der Waals surface area contributed by atoms with E-state index in [4.69, 9.17) is 9.84 Å². The van der Waals surface area contributed by atoms with Crippen molar-refractivity contribution in [3.05, 3.63) is 0 Å². The van der Waals surface area contributed by atoms with Gasteiger partial charge in [-0.25, -0.2) is 0 Å². The van der Waals surface area contributed by atoms with Crippen LogP contribution in [0.15, 0.2) is 0 Å². The Morgan fingerprint density at radius 3 is 2.75 bits per heavy atom. The van der Waals surface area contributed by atoms with Gasteiger partial charge in [0.05, 0.1) is 11.5 Å². The molecule has 1 saturated heterocycles. The first kappa shape index (κ1) is 11.9. The molecule has 16 heavy (non-hydrogen) atoms. The Labute approximate surface area is 96.6 Å². The predicted molar refractivity (Wildman–Crippen MR) is 60.4 cm³/mol. The number of carboxylic acids is 1. The van der Waals surface area contributed by atoms with Crippen LogP contribution in [0, 0.1) is 5.92 Å². The molecule has 2 fully saturated rings. The molecule has 2 rings (SSSR count). The van der Waals surface area contributed by atoms with Crippen molar-refractivity contribution in [2.45, 2.75) is 44.2 Å². The molecule has 0 aromatic carbocycles. The molecule has 0 radical (unpaired) electrons. The van der Waals surface area contributed by atoms with Crippen LogP contribution >= 0.6 is 0 Å². The highest BCUT2D eigenvalue weighted by atomic mass is 16.5. The molecule has 4 nitrogen and oxygen atoms in total. The van der Waals surface area contributed by atoms with E-state index in [1.165, 1.54) is 0 Å². The van der Waals surface area contributed by atoms with E-state index in [1.807, 2.05) is 0 Å². The van der Waals surface area contributed by atoms with Crippen LogP contribution in [0.1, 0.15) is 32.6 Å². The number of hydrogen-bond acceptors (Lipinski definition) is 3. The van der Waals surface area contributed by atoms with Crippen LogP contribution in [0.25, 0.3) is 0 Å². The van der Waals surface area contributed by atoms with Crippen molar-refractivity contribution >= 4 is 5.97 Å². The molecule has 0 amide bonds. The van der Waals surface area contributed by atoms with Crippen molar-refractivity contribution < 1.29 is 14.6 Å². The SMILES string of the molecule is COC1(C)CCCN(C2CCC2C(=O)O)C1. The number of hydrogen-bond donors (Lipinski definition) is 1. The number of rotatable bonds is 3. The van der Waals surface area contributed by atoms with Crippen LogP contribution in [0.5, 0.6) is 0 Å². The van der Waals surface area contributed by atoms with E-state index in [9.17, 15) is 4.79 Å². The minimum absolute atomic E-state index is 0.0864. The van der Waals surface area contributed by atoms with Gasteiger partial charge in [0.15, 0.2) is 0 Å². The van der Waals surface area contributed by atoms with Crippen LogP contribution in [-0.4, -0.2) is 47.8 Å². The Morgan fingerprint density at radius 1 is 1.50 bits per heavy atom. The van der Waals surface area contributed by atoms with E-state index in [1.54, 1.807) is 7.11 Å². The summed E-state index contributed by atoms with van der Waals surface area (Å²) in [6.07, 6.45) is 4.04. The molecule has 2 aliphatic rings. The minimum atomic E-state index is -0.638. The number of carboxylic acid groups (broad SMARTS) is 1. The summed E-state index contributed by atoms with van der Waals surface area (Å²) < 4.78 is 5.53. The van der Waals surface area contributed by atoms with Crippen molar-refractivity contribution in [3.8, 4) is 0 Å². The Kier molecular flexibility index (Phi) is 3.22. The molecule has 4 heteroatoms. The lowest BCUT2D eigenvalue weighted by Crippen LogP contribution is -2.57. The maximum atomic E-state index is 11.0. The highest BCUT2D eigenvalue weighted by Gasteiger charge is 2.43. The van der Waals surface area contributed by atoms with Gasteiger partial charge in [-0.15, -0.1) is 0 Å². The molecule has 0 aromatic heterocycles. The maximum absolute atomic E-state index is 11.0. The first-order valence-electron chi connectivity index (χ1n) is 6.08. The summed E-state index contributed by atoms with van der Waals surface area (Å²) in [5.74, 6) is -0.792. The Bertz CT molecular complexity index is 281. The van der Waals surface area contributed by atoms with Gasteiger partial charge in [0.2, 0.25) is 0 Å². The van der Waals surface area contributed by atoms with Crippen molar-refractivity contribution in [1.29, 1.82) is 0 Å². The molecule has 1 N–H and O–H groups in total. The molecule has 0 spiro atoms. The molecule has 1 heterocycles. The molecule has 3 unspecified atom stereocenters. The van der Waals surface area contributed by atoms with Gasteiger partial charge in [-0.1, -0.05) is 0 Å². The second-order valence-electron chi connectivity index (χ2n) is 5.32. The van der Waals surface area contributed by atoms with E-state index in [2.05, 4.69) is 11.8 Å². The van der Waals surface area contributed by atoms with Gasteiger partial charge in [0.1, 0.15) is 0 Å².